The van der Waals surface area contributed by atoms with Crippen LogP contribution in [0.25, 0.3) is 0 Å². The number of alkyl halides is 2. The lowest BCUT2D eigenvalue weighted by atomic mass is 10.1. The number of hydrogen-bond acceptors (Lipinski definition) is 5. The van der Waals surface area contributed by atoms with Gasteiger partial charge in [-0.05, 0) is 36.2 Å². The Hall–Kier alpha value is -3.23. The lowest BCUT2D eigenvalue weighted by Gasteiger charge is -2.18. The van der Waals surface area contributed by atoms with Gasteiger partial charge in [-0.3, -0.25) is 0 Å². The van der Waals surface area contributed by atoms with Gasteiger partial charge in [-0.15, -0.1) is 8.78 Å². The molecule has 28 heavy (non-hydrogen) atoms. The van der Waals surface area contributed by atoms with E-state index in [1.165, 1.54) is 23.1 Å². The molecule has 2 aromatic carbocycles. The number of nitrogens with one attached hydrogen (secondary N) is 1. The first kappa shape index (κ1) is 19.5. The number of halogens is 2. The first-order valence-electron chi connectivity index (χ1n) is 8.44. The molecule has 0 fully saturated rings. The molecular weight excluding hydrogens is 374 g/mol. The lowest BCUT2D eigenvalue weighted by Crippen LogP contribution is -2.33. The molecular formula is C19H20F2N2O5. The quantitative estimate of drug-likeness (QED) is 0.809. The molecule has 1 aliphatic rings. The summed E-state index contributed by atoms with van der Waals surface area (Å²) in [5.41, 5.74) is 1.30. The van der Waals surface area contributed by atoms with E-state index in [9.17, 15) is 13.6 Å². The molecule has 0 aromatic heterocycles. The standard InChI is InChI=1S/C19H20F2N2O5/c1-23(9-8-12-4-6-14(25-2)16(10-12)26-3)18(24)22-13-5-7-15-17(11-13)28-19(20,21)27-15/h4-7,10-11H,8-9H2,1-3H3,(H,22,24). The third kappa shape index (κ3) is 4.36. The van der Waals surface area contributed by atoms with Crippen molar-refractivity contribution in [2.24, 2.45) is 0 Å². The van der Waals surface area contributed by atoms with Gasteiger partial charge in [-0.1, -0.05) is 6.07 Å². The number of fused-ring (bicyclic) bond motifs is 1. The summed E-state index contributed by atoms with van der Waals surface area (Å²) in [6.07, 6.45) is -3.10. The molecule has 3 rings (SSSR count). The zero-order chi connectivity index (χ0) is 20.3. The first-order chi connectivity index (χ1) is 13.3. The van der Waals surface area contributed by atoms with Gasteiger partial charge in [-0.2, -0.15) is 0 Å². The Bertz CT molecular complexity index is 875. The zero-order valence-corrected chi connectivity index (χ0v) is 15.6. The van der Waals surface area contributed by atoms with E-state index in [0.29, 0.717) is 30.2 Å². The minimum Gasteiger partial charge on any atom is -0.493 e. The molecule has 2 amide bonds. The van der Waals surface area contributed by atoms with E-state index in [4.69, 9.17) is 9.47 Å². The van der Waals surface area contributed by atoms with Gasteiger partial charge >= 0.3 is 12.3 Å². The molecule has 1 N–H and O–H groups in total. The minimum atomic E-state index is -3.69. The second-order valence-corrected chi connectivity index (χ2v) is 6.12. The van der Waals surface area contributed by atoms with E-state index in [2.05, 4.69) is 14.8 Å². The van der Waals surface area contributed by atoms with Crippen LogP contribution in [0.3, 0.4) is 0 Å². The fourth-order valence-electron chi connectivity index (χ4n) is 2.68. The Morgan fingerprint density at radius 1 is 1.07 bits per heavy atom. The first-order valence-corrected chi connectivity index (χ1v) is 8.44. The van der Waals surface area contributed by atoms with Crippen LogP contribution in [-0.2, 0) is 6.42 Å². The van der Waals surface area contributed by atoms with Crippen LogP contribution < -0.4 is 24.3 Å². The van der Waals surface area contributed by atoms with Crippen molar-refractivity contribution in [3.05, 3.63) is 42.0 Å². The highest BCUT2D eigenvalue weighted by molar-refractivity contribution is 5.89. The topological polar surface area (TPSA) is 69.3 Å². The number of nitrogens with zero attached hydrogens (tertiary/aromatic N) is 1. The van der Waals surface area contributed by atoms with Crippen molar-refractivity contribution in [2.45, 2.75) is 12.7 Å². The molecule has 0 bridgehead atoms. The van der Waals surface area contributed by atoms with Crippen molar-refractivity contribution in [1.82, 2.24) is 4.90 Å². The summed E-state index contributed by atoms with van der Waals surface area (Å²) in [6, 6.07) is 9.23. The largest absolute Gasteiger partial charge is 0.586 e. The summed E-state index contributed by atoms with van der Waals surface area (Å²) in [7, 11) is 4.76. The van der Waals surface area contributed by atoms with Gasteiger partial charge in [0.05, 0.1) is 14.2 Å². The molecule has 9 heteroatoms. The molecule has 0 aliphatic carbocycles. The normalized spacial score (nSPS) is 13.8. The van der Waals surface area contributed by atoms with Crippen LogP contribution in [0.15, 0.2) is 36.4 Å². The fourth-order valence-corrected chi connectivity index (χ4v) is 2.68. The Morgan fingerprint density at radius 2 is 1.79 bits per heavy atom. The van der Waals surface area contributed by atoms with Crippen LogP contribution >= 0.6 is 0 Å². The lowest BCUT2D eigenvalue weighted by molar-refractivity contribution is -0.286. The fraction of sp³-hybridized carbons (Fsp3) is 0.316. The van der Waals surface area contributed by atoms with Crippen molar-refractivity contribution >= 4 is 11.7 Å². The SMILES string of the molecule is COc1ccc(CCN(C)C(=O)Nc2ccc3c(c2)OC(F)(F)O3)cc1OC. The Balaban J connectivity index is 1.57. The highest BCUT2D eigenvalue weighted by atomic mass is 19.3. The van der Waals surface area contributed by atoms with Crippen LogP contribution in [0.1, 0.15) is 5.56 Å². The van der Waals surface area contributed by atoms with Gasteiger partial charge in [0, 0.05) is 25.3 Å². The van der Waals surface area contributed by atoms with E-state index < -0.39 is 6.29 Å². The number of carbonyl (C=O) groups is 1. The highest BCUT2D eigenvalue weighted by Crippen LogP contribution is 2.42. The summed E-state index contributed by atoms with van der Waals surface area (Å²) >= 11 is 0. The third-order valence-electron chi connectivity index (χ3n) is 4.18. The highest BCUT2D eigenvalue weighted by Gasteiger charge is 2.43. The van der Waals surface area contributed by atoms with Gasteiger partial charge in [0.15, 0.2) is 23.0 Å². The summed E-state index contributed by atoms with van der Waals surface area (Å²) in [4.78, 5) is 13.8. The van der Waals surface area contributed by atoms with E-state index in [-0.39, 0.29) is 17.5 Å². The summed E-state index contributed by atoms with van der Waals surface area (Å²) in [6.45, 7) is 0.434. The van der Waals surface area contributed by atoms with Crippen LogP contribution in [0.2, 0.25) is 0 Å². The molecule has 1 aliphatic heterocycles. The average molecular weight is 394 g/mol. The summed E-state index contributed by atoms with van der Waals surface area (Å²) in [5, 5.41) is 2.64. The molecule has 150 valence electrons. The molecule has 0 radical (unpaired) electrons. The Labute approximate surface area is 160 Å². The summed E-state index contributed by atoms with van der Waals surface area (Å²) < 4.78 is 45.3. The molecule has 0 unspecified atom stereocenters. The van der Waals surface area contributed by atoms with Crippen molar-refractivity contribution in [3.63, 3.8) is 0 Å². The molecule has 0 atom stereocenters. The van der Waals surface area contributed by atoms with Crippen LogP contribution in [0, 0.1) is 0 Å². The van der Waals surface area contributed by atoms with E-state index in [1.54, 1.807) is 27.3 Å². The number of anilines is 1. The number of likely N-dealkylation sites (N-methyl/N-ethyl adjacent to an activating group) is 1. The predicted octanol–water partition coefficient (Wildman–Crippen LogP) is 3.73. The second kappa shape index (κ2) is 7.79. The molecule has 2 aromatic rings. The van der Waals surface area contributed by atoms with Crippen LogP contribution in [0.5, 0.6) is 23.0 Å². The Kier molecular flexibility index (Phi) is 5.43. The number of amides is 2. The van der Waals surface area contributed by atoms with E-state index in [1.807, 2.05) is 12.1 Å². The number of carbonyl (C=O) groups excluding carboxylic acids is 1. The minimum absolute atomic E-state index is 0.0789. The number of hydrogen-bond donors (Lipinski definition) is 1. The smallest absolute Gasteiger partial charge is 0.493 e. The molecule has 7 nitrogen and oxygen atoms in total. The van der Waals surface area contributed by atoms with Crippen molar-refractivity contribution < 1.29 is 32.5 Å². The number of benzene rings is 2. The maximum atomic E-state index is 13.1. The number of ether oxygens (including phenoxy) is 4. The van der Waals surface area contributed by atoms with Gasteiger partial charge < -0.3 is 29.2 Å². The van der Waals surface area contributed by atoms with Gasteiger partial charge in [0.2, 0.25) is 0 Å². The predicted molar refractivity (Wildman–Crippen MR) is 97.5 cm³/mol. The zero-order valence-electron chi connectivity index (χ0n) is 15.6. The summed E-state index contributed by atoms with van der Waals surface area (Å²) in [5.74, 6) is 1.04. The molecule has 0 spiro atoms. The molecule has 0 saturated heterocycles. The van der Waals surface area contributed by atoms with Crippen LogP contribution in [-0.4, -0.2) is 45.0 Å². The van der Waals surface area contributed by atoms with E-state index >= 15 is 0 Å². The maximum absolute atomic E-state index is 13.1. The van der Waals surface area contributed by atoms with Gasteiger partial charge in [0.25, 0.3) is 0 Å². The monoisotopic (exact) mass is 394 g/mol. The van der Waals surface area contributed by atoms with Gasteiger partial charge in [0.1, 0.15) is 0 Å². The molecule has 0 saturated carbocycles. The van der Waals surface area contributed by atoms with Crippen LogP contribution in [0.4, 0.5) is 19.3 Å². The van der Waals surface area contributed by atoms with Gasteiger partial charge in [-0.25, -0.2) is 4.79 Å². The number of rotatable bonds is 6. The number of methoxy groups -OCH3 is 2. The number of urea groups is 1. The van der Waals surface area contributed by atoms with Crippen molar-refractivity contribution in [3.8, 4) is 23.0 Å². The maximum Gasteiger partial charge on any atom is 0.586 e. The average Bonchev–Trinajstić information content (AvgIpc) is 2.98. The van der Waals surface area contributed by atoms with Crippen molar-refractivity contribution in [2.75, 3.05) is 33.1 Å². The molecule has 1 heterocycles. The second-order valence-electron chi connectivity index (χ2n) is 6.12. The third-order valence-corrected chi connectivity index (χ3v) is 4.18. The van der Waals surface area contributed by atoms with E-state index in [0.717, 1.165) is 5.56 Å². The Morgan fingerprint density at radius 3 is 2.50 bits per heavy atom. The van der Waals surface area contributed by atoms with Crippen molar-refractivity contribution in [1.29, 1.82) is 0 Å².